The maximum atomic E-state index is 13.7. The third-order valence-electron chi connectivity index (χ3n) is 5.04. The molecule has 0 radical (unpaired) electrons. The normalized spacial score (nSPS) is 15.6. The number of hydrogen-bond acceptors (Lipinski definition) is 4. The van der Waals surface area contributed by atoms with Crippen LogP contribution >= 0.6 is 11.8 Å². The zero-order valence-corrected chi connectivity index (χ0v) is 17.2. The number of fused-ring (bicyclic) bond motifs is 1. The molecule has 0 saturated carbocycles. The van der Waals surface area contributed by atoms with E-state index < -0.39 is 23.1 Å². The monoisotopic (exact) mass is 427 g/mol. The van der Waals surface area contributed by atoms with Gasteiger partial charge in [-0.25, -0.2) is 8.78 Å². The number of thioether (sulfide) groups is 1. The Labute approximate surface area is 176 Å². The van der Waals surface area contributed by atoms with E-state index in [-0.39, 0.29) is 23.5 Å². The summed E-state index contributed by atoms with van der Waals surface area (Å²) in [4.78, 5) is 29.4. The fourth-order valence-electron chi connectivity index (χ4n) is 3.68. The number of nitrogens with one attached hydrogen (secondary N) is 1. The molecule has 0 aliphatic carbocycles. The molecule has 1 amide bonds. The van der Waals surface area contributed by atoms with Gasteiger partial charge in [-0.15, -0.1) is 0 Å². The van der Waals surface area contributed by atoms with Crippen LogP contribution < -0.4 is 10.9 Å². The number of aryl methyl sites for hydroxylation is 1. The van der Waals surface area contributed by atoms with E-state index in [1.807, 2.05) is 25.1 Å². The summed E-state index contributed by atoms with van der Waals surface area (Å²) in [6.07, 6.45) is -0.0808. The molecular formula is C22H19F2N3O2S. The molecule has 5 nitrogen and oxygen atoms in total. The molecule has 0 spiro atoms. The first-order chi connectivity index (χ1) is 14.3. The highest BCUT2D eigenvalue weighted by Gasteiger charge is 2.32. The first-order valence-electron chi connectivity index (χ1n) is 9.37. The number of rotatable bonds is 4. The molecule has 2 aromatic carbocycles. The van der Waals surface area contributed by atoms with Crippen LogP contribution in [0.1, 0.15) is 34.6 Å². The molecular weight excluding hydrogens is 408 g/mol. The molecule has 1 N–H and O–H groups in total. The van der Waals surface area contributed by atoms with Gasteiger partial charge in [-0.1, -0.05) is 41.6 Å². The van der Waals surface area contributed by atoms with E-state index in [9.17, 15) is 18.4 Å². The lowest BCUT2D eigenvalue weighted by Crippen LogP contribution is -2.33. The maximum Gasteiger partial charge on any atom is 0.279 e. The second kappa shape index (κ2) is 8.02. The van der Waals surface area contributed by atoms with E-state index in [1.54, 1.807) is 11.6 Å². The van der Waals surface area contributed by atoms with E-state index in [0.29, 0.717) is 16.7 Å². The van der Waals surface area contributed by atoms with Crippen LogP contribution in [0.15, 0.2) is 52.4 Å². The maximum absolute atomic E-state index is 13.7. The van der Waals surface area contributed by atoms with Gasteiger partial charge in [0.1, 0.15) is 17.5 Å². The van der Waals surface area contributed by atoms with Crippen LogP contribution in [0.3, 0.4) is 0 Å². The number of nitrogens with zero attached hydrogens (tertiary/aromatic N) is 2. The summed E-state index contributed by atoms with van der Waals surface area (Å²) in [5.74, 6) is -1.69. The van der Waals surface area contributed by atoms with Crippen LogP contribution in [0, 0.1) is 18.6 Å². The molecule has 1 atom stereocenters. The van der Waals surface area contributed by atoms with Gasteiger partial charge in [0.2, 0.25) is 5.91 Å². The predicted octanol–water partition coefficient (Wildman–Crippen LogP) is 4.13. The molecule has 1 aromatic heterocycles. The summed E-state index contributed by atoms with van der Waals surface area (Å²) in [5.41, 5.74) is 2.19. The van der Waals surface area contributed by atoms with Crippen molar-refractivity contribution < 1.29 is 13.6 Å². The molecule has 1 aliphatic heterocycles. The van der Waals surface area contributed by atoms with Crippen LogP contribution in [0.4, 0.5) is 14.6 Å². The van der Waals surface area contributed by atoms with Crippen molar-refractivity contribution in [3.05, 3.63) is 86.7 Å². The van der Waals surface area contributed by atoms with Gasteiger partial charge in [-0.05, 0) is 30.2 Å². The summed E-state index contributed by atoms with van der Waals surface area (Å²) in [7, 11) is 1.71. The number of hydrogen-bond donors (Lipinski definition) is 1. The number of benzene rings is 2. The standard InChI is InChI=1S/C22H19F2N3O2S/c1-12-4-3-5-13(6-12)11-30-22-26-21(29)19-17(10-18(28)25-20(19)27(22)2)14-7-15(23)9-16(24)8-14/h3-9,17H,10-11H2,1-2H3,(H,25,28)/t17-/m0/s1. The van der Waals surface area contributed by atoms with Crippen LogP contribution in [-0.2, 0) is 17.6 Å². The minimum Gasteiger partial charge on any atom is -0.312 e. The molecule has 1 aliphatic rings. The number of halogens is 2. The van der Waals surface area contributed by atoms with Crippen LogP contribution in [0.25, 0.3) is 0 Å². The molecule has 0 bridgehead atoms. The van der Waals surface area contributed by atoms with Gasteiger partial charge in [0.05, 0.1) is 5.56 Å². The molecule has 4 rings (SSSR count). The Morgan fingerprint density at radius 1 is 1.17 bits per heavy atom. The van der Waals surface area contributed by atoms with Crippen LogP contribution in [0.2, 0.25) is 0 Å². The highest BCUT2D eigenvalue weighted by molar-refractivity contribution is 7.98. The summed E-state index contributed by atoms with van der Waals surface area (Å²) >= 11 is 1.38. The number of aromatic nitrogens is 2. The Kier molecular flexibility index (Phi) is 5.42. The van der Waals surface area contributed by atoms with E-state index in [1.165, 1.54) is 11.8 Å². The second-order valence-corrected chi connectivity index (χ2v) is 8.25. The van der Waals surface area contributed by atoms with Crippen LogP contribution in [0.5, 0.6) is 0 Å². The zero-order chi connectivity index (χ0) is 21.4. The minimum atomic E-state index is -0.763. The fourth-order valence-corrected chi connectivity index (χ4v) is 4.58. The van der Waals surface area contributed by atoms with Crippen molar-refractivity contribution in [1.82, 2.24) is 9.55 Å². The molecule has 0 unspecified atom stereocenters. The smallest absolute Gasteiger partial charge is 0.279 e. The number of carbonyl (C=O) groups excluding carboxylic acids is 1. The van der Waals surface area contributed by atoms with Crippen LogP contribution in [-0.4, -0.2) is 15.5 Å². The van der Waals surface area contributed by atoms with Gasteiger partial charge in [0.25, 0.3) is 5.56 Å². The summed E-state index contributed by atoms with van der Waals surface area (Å²) in [6.45, 7) is 2.01. The third-order valence-corrected chi connectivity index (χ3v) is 6.14. The summed E-state index contributed by atoms with van der Waals surface area (Å²) < 4.78 is 29.1. The first kappa shape index (κ1) is 20.3. The van der Waals surface area contributed by atoms with Crippen molar-refractivity contribution in [2.75, 3.05) is 5.32 Å². The third kappa shape index (κ3) is 4.00. The number of anilines is 1. The van der Waals surface area contributed by atoms with Gasteiger partial charge in [0.15, 0.2) is 5.16 Å². The number of carbonyl (C=O) groups is 1. The lowest BCUT2D eigenvalue weighted by molar-refractivity contribution is -0.116. The zero-order valence-electron chi connectivity index (χ0n) is 16.4. The van der Waals surface area contributed by atoms with E-state index in [0.717, 1.165) is 29.3 Å². The molecule has 154 valence electrons. The van der Waals surface area contributed by atoms with Crippen molar-refractivity contribution in [2.45, 2.75) is 30.2 Å². The van der Waals surface area contributed by atoms with Gasteiger partial charge < -0.3 is 9.88 Å². The van der Waals surface area contributed by atoms with Crippen molar-refractivity contribution >= 4 is 23.5 Å². The Hall–Kier alpha value is -3.00. The van der Waals surface area contributed by atoms with Gasteiger partial charge >= 0.3 is 0 Å². The molecule has 3 aromatic rings. The Balaban J connectivity index is 1.73. The summed E-state index contributed by atoms with van der Waals surface area (Å²) in [6, 6.07) is 11.1. The van der Waals surface area contributed by atoms with E-state index in [4.69, 9.17) is 0 Å². The predicted molar refractivity (Wildman–Crippen MR) is 112 cm³/mol. The number of amides is 1. The first-order valence-corrected chi connectivity index (χ1v) is 10.4. The fraction of sp³-hybridized carbons (Fsp3) is 0.227. The Bertz CT molecular complexity index is 1190. The SMILES string of the molecule is Cc1cccc(CSc2nc(=O)c3c(n2C)NC(=O)C[C@H]3c2cc(F)cc(F)c2)c1. The minimum absolute atomic E-state index is 0.0808. The van der Waals surface area contributed by atoms with Crippen molar-refractivity contribution in [3.8, 4) is 0 Å². The summed E-state index contributed by atoms with van der Waals surface area (Å²) in [5, 5.41) is 3.18. The molecule has 2 heterocycles. The lowest BCUT2D eigenvalue weighted by Gasteiger charge is -2.27. The Morgan fingerprint density at radius 3 is 2.60 bits per heavy atom. The van der Waals surface area contributed by atoms with Gasteiger partial charge in [-0.3, -0.25) is 9.59 Å². The molecule has 0 fully saturated rings. The largest absolute Gasteiger partial charge is 0.312 e. The van der Waals surface area contributed by atoms with Crippen molar-refractivity contribution in [2.24, 2.45) is 7.05 Å². The van der Waals surface area contributed by atoms with E-state index in [2.05, 4.69) is 16.4 Å². The average Bonchev–Trinajstić information content (AvgIpc) is 2.68. The molecule has 30 heavy (non-hydrogen) atoms. The highest BCUT2D eigenvalue weighted by Crippen LogP contribution is 2.36. The van der Waals surface area contributed by atoms with Gasteiger partial charge in [0, 0.05) is 31.2 Å². The van der Waals surface area contributed by atoms with E-state index >= 15 is 0 Å². The van der Waals surface area contributed by atoms with Crippen molar-refractivity contribution in [1.29, 1.82) is 0 Å². The highest BCUT2D eigenvalue weighted by atomic mass is 32.2. The molecule has 0 saturated heterocycles. The van der Waals surface area contributed by atoms with Gasteiger partial charge in [-0.2, -0.15) is 4.98 Å². The van der Waals surface area contributed by atoms with Crippen molar-refractivity contribution in [3.63, 3.8) is 0 Å². The quantitative estimate of drug-likeness (QED) is 0.502. The average molecular weight is 427 g/mol. The lowest BCUT2D eigenvalue weighted by atomic mass is 9.86. The molecule has 8 heteroatoms. The Morgan fingerprint density at radius 2 is 1.90 bits per heavy atom. The second-order valence-electron chi connectivity index (χ2n) is 7.31. The topological polar surface area (TPSA) is 64.0 Å².